The molecule has 17 heavy (non-hydrogen) atoms. The van der Waals surface area contributed by atoms with Gasteiger partial charge in [0, 0.05) is 6.54 Å². The van der Waals surface area contributed by atoms with Crippen molar-refractivity contribution in [1.29, 1.82) is 0 Å². The molecular weight excluding hydrogens is 210 g/mol. The molecule has 2 nitrogen and oxygen atoms in total. The maximum absolute atomic E-state index is 6.56. The van der Waals surface area contributed by atoms with Gasteiger partial charge in [0.2, 0.25) is 0 Å². The van der Waals surface area contributed by atoms with Crippen molar-refractivity contribution < 1.29 is 4.74 Å². The number of nitrogens with one attached hydrogen (secondary N) is 1. The van der Waals surface area contributed by atoms with E-state index in [-0.39, 0.29) is 5.60 Å². The molecule has 2 aliphatic rings. The van der Waals surface area contributed by atoms with Crippen LogP contribution >= 0.6 is 0 Å². The third-order valence-electron chi connectivity index (χ3n) is 4.43. The molecule has 0 aromatic rings. The minimum absolute atomic E-state index is 0.186. The quantitative estimate of drug-likeness (QED) is 0.739. The van der Waals surface area contributed by atoms with Crippen LogP contribution in [-0.4, -0.2) is 24.8 Å². The topological polar surface area (TPSA) is 21.3 Å². The Labute approximate surface area is 107 Å². The van der Waals surface area contributed by atoms with Crippen molar-refractivity contribution in [3.8, 4) is 0 Å². The Bertz CT molecular complexity index is 203. The molecule has 0 amide bonds. The highest BCUT2D eigenvalue weighted by molar-refractivity contribution is 4.90. The summed E-state index contributed by atoms with van der Waals surface area (Å²) in [6.07, 6.45) is 14.0. The van der Waals surface area contributed by atoms with Gasteiger partial charge < -0.3 is 10.1 Å². The predicted octanol–water partition coefficient (Wildman–Crippen LogP) is 3.65. The molecule has 2 aliphatic carbocycles. The van der Waals surface area contributed by atoms with E-state index >= 15 is 0 Å². The summed E-state index contributed by atoms with van der Waals surface area (Å²) in [5, 5.41) is 3.51. The Morgan fingerprint density at radius 3 is 2.24 bits per heavy atom. The number of hydrogen-bond acceptors (Lipinski definition) is 2. The van der Waals surface area contributed by atoms with Crippen molar-refractivity contribution in [2.45, 2.75) is 82.8 Å². The minimum atomic E-state index is 0.186. The third kappa shape index (κ3) is 3.96. The van der Waals surface area contributed by atoms with Crippen LogP contribution in [-0.2, 0) is 4.74 Å². The van der Waals surface area contributed by atoms with Crippen LogP contribution in [0.5, 0.6) is 0 Å². The summed E-state index contributed by atoms with van der Waals surface area (Å²) in [4.78, 5) is 0. The first-order chi connectivity index (χ1) is 8.35. The molecule has 2 fully saturated rings. The van der Waals surface area contributed by atoms with E-state index in [1.54, 1.807) is 0 Å². The number of ether oxygens (including phenoxy) is 1. The van der Waals surface area contributed by atoms with Crippen molar-refractivity contribution in [1.82, 2.24) is 5.32 Å². The van der Waals surface area contributed by atoms with Gasteiger partial charge in [-0.25, -0.2) is 0 Å². The molecule has 0 heterocycles. The van der Waals surface area contributed by atoms with Crippen molar-refractivity contribution in [3.05, 3.63) is 0 Å². The molecule has 0 atom stereocenters. The van der Waals surface area contributed by atoms with Gasteiger partial charge in [-0.05, 0) is 32.2 Å². The van der Waals surface area contributed by atoms with Gasteiger partial charge in [-0.3, -0.25) is 0 Å². The Hall–Kier alpha value is -0.0800. The lowest BCUT2D eigenvalue weighted by Crippen LogP contribution is -2.43. The molecule has 0 radical (unpaired) electrons. The van der Waals surface area contributed by atoms with E-state index in [2.05, 4.69) is 12.2 Å². The highest BCUT2D eigenvalue weighted by Crippen LogP contribution is 2.36. The molecule has 0 aromatic carbocycles. The Morgan fingerprint density at radius 1 is 1.00 bits per heavy atom. The second kappa shape index (κ2) is 6.75. The predicted molar refractivity (Wildman–Crippen MR) is 72.3 cm³/mol. The lowest BCUT2D eigenvalue weighted by molar-refractivity contribution is -0.0930. The fraction of sp³-hybridized carbons (Fsp3) is 1.00. The van der Waals surface area contributed by atoms with E-state index in [0.717, 1.165) is 13.1 Å². The molecule has 2 saturated carbocycles. The van der Waals surface area contributed by atoms with E-state index in [1.165, 1.54) is 64.2 Å². The molecule has 0 aromatic heterocycles. The van der Waals surface area contributed by atoms with Crippen LogP contribution in [0.1, 0.15) is 71.1 Å². The lowest BCUT2D eigenvalue weighted by Gasteiger charge is -2.34. The SMILES string of the molecule is CCNCC1(OC2CCCCCC2)CCCC1. The zero-order chi connectivity index (χ0) is 12.0. The smallest absolute Gasteiger partial charge is 0.0810 e. The van der Waals surface area contributed by atoms with Gasteiger partial charge in [0.05, 0.1) is 11.7 Å². The minimum Gasteiger partial charge on any atom is -0.370 e. The molecule has 100 valence electrons. The fourth-order valence-electron chi connectivity index (χ4n) is 3.42. The molecule has 0 bridgehead atoms. The molecule has 2 heteroatoms. The Morgan fingerprint density at radius 2 is 1.65 bits per heavy atom. The van der Waals surface area contributed by atoms with Crippen LogP contribution < -0.4 is 5.32 Å². The van der Waals surface area contributed by atoms with Crippen molar-refractivity contribution in [2.75, 3.05) is 13.1 Å². The fourth-order valence-corrected chi connectivity index (χ4v) is 3.42. The third-order valence-corrected chi connectivity index (χ3v) is 4.43. The van der Waals surface area contributed by atoms with Gasteiger partial charge in [0.15, 0.2) is 0 Å². The van der Waals surface area contributed by atoms with Crippen molar-refractivity contribution in [3.63, 3.8) is 0 Å². The molecule has 0 aliphatic heterocycles. The maximum Gasteiger partial charge on any atom is 0.0810 e. The summed E-state index contributed by atoms with van der Waals surface area (Å²) in [6, 6.07) is 0. The summed E-state index contributed by atoms with van der Waals surface area (Å²) in [7, 11) is 0. The highest BCUT2D eigenvalue weighted by atomic mass is 16.5. The van der Waals surface area contributed by atoms with Gasteiger partial charge in [0.1, 0.15) is 0 Å². The molecule has 2 rings (SSSR count). The summed E-state index contributed by atoms with van der Waals surface area (Å²) in [6.45, 7) is 4.32. The number of hydrogen-bond donors (Lipinski definition) is 1. The molecule has 0 unspecified atom stereocenters. The summed E-state index contributed by atoms with van der Waals surface area (Å²) < 4.78 is 6.56. The molecule has 0 saturated heterocycles. The van der Waals surface area contributed by atoms with E-state index in [1.807, 2.05) is 0 Å². The van der Waals surface area contributed by atoms with E-state index in [9.17, 15) is 0 Å². The van der Waals surface area contributed by atoms with Crippen LogP contribution in [0.4, 0.5) is 0 Å². The monoisotopic (exact) mass is 239 g/mol. The first kappa shape index (κ1) is 13.4. The zero-order valence-electron chi connectivity index (χ0n) is 11.5. The molecule has 1 N–H and O–H groups in total. The average Bonchev–Trinajstić information content (AvgIpc) is 2.64. The van der Waals surface area contributed by atoms with Crippen LogP contribution in [0.15, 0.2) is 0 Å². The largest absolute Gasteiger partial charge is 0.370 e. The average molecular weight is 239 g/mol. The number of rotatable bonds is 5. The van der Waals surface area contributed by atoms with Crippen LogP contribution in [0.25, 0.3) is 0 Å². The Balaban J connectivity index is 1.87. The van der Waals surface area contributed by atoms with Gasteiger partial charge in [0.25, 0.3) is 0 Å². The van der Waals surface area contributed by atoms with E-state index in [0.29, 0.717) is 6.10 Å². The summed E-state index contributed by atoms with van der Waals surface area (Å²) >= 11 is 0. The van der Waals surface area contributed by atoms with Gasteiger partial charge in [-0.15, -0.1) is 0 Å². The van der Waals surface area contributed by atoms with Gasteiger partial charge in [-0.2, -0.15) is 0 Å². The normalized spacial score (nSPS) is 25.9. The molecule has 0 spiro atoms. The highest BCUT2D eigenvalue weighted by Gasteiger charge is 2.36. The standard InChI is InChI=1S/C15H29NO/c1-2-16-13-15(11-7-8-12-15)17-14-9-5-3-4-6-10-14/h14,16H,2-13H2,1H3. The van der Waals surface area contributed by atoms with Crippen LogP contribution in [0.2, 0.25) is 0 Å². The van der Waals surface area contributed by atoms with Gasteiger partial charge >= 0.3 is 0 Å². The maximum atomic E-state index is 6.56. The van der Waals surface area contributed by atoms with Crippen LogP contribution in [0, 0.1) is 0 Å². The second-order valence-electron chi connectivity index (χ2n) is 5.90. The lowest BCUT2D eigenvalue weighted by atomic mass is 10.0. The van der Waals surface area contributed by atoms with E-state index in [4.69, 9.17) is 4.74 Å². The van der Waals surface area contributed by atoms with E-state index < -0.39 is 0 Å². The first-order valence-corrected chi connectivity index (χ1v) is 7.73. The molecular formula is C15H29NO. The zero-order valence-corrected chi connectivity index (χ0v) is 11.5. The number of likely N-dealkylation sites (N-methyl/N-ethyl adjacent to an activating group) is 1. The summed E-state index contributed by atoms with van der Waals surface area (Å²) in [5.74, 6) is 0. The van der Waals surface area contributed by atoms with Crippen LogP contribution in [0.3, 0.4) is 0 Å². The van der Waals surface area contributed by atoms with Crippen molar-refractivity contribution >= 4 is 0 Å². The first-order valence-electron chi connectivity index (χ1n) is 7.73. The van der Waals surface area contributed by atoms with Crippen molar-refractivity contribution in [2.24, 2.45) is 0 Å². The van der Waals surface area contributed by atoms with Gasteiger partial charge in [-0.1, -0.05) is 45.4 Å². The Kier molecular flexibility index (Phi) is 5.30. The summed E-state index contributed by atoms with van der Waals surface area (Å²) in [5.41, 5.74) is 0.186. The second-order valence-corrected chi connectivity index (χ2v) is 5.90.